The number of aromatic nitrogens is 1. The van der Waals surface area contributed by atoms with Crippen molar-refractivity contribution in [3.8, 4) is 6.07 Å². The second-order valence-corrected chi connectivity index (χ2v) is 5.84. The van der Waals surface area contributed by atoms with Crippen LogP contribution < -0.4 is 5.32 Å². The van der Waals surface area contributed by atoms with Gasteiger partial charge < -0.3 is 5.32 Å². The normalized spacial score (nSPS) is 10.2. The van der Waals surface area contributed by atoms with Crippen LogP contribution in [0, 0.1) is 25.2 Å². The third kappa shape index (κ3) is 2.90. The van der Waals surface area contributed by atoms with Crippen molar-refractivity contribution in [3.05, 3.63) is 49.7 Å². The standard InChI is InChI=1S/C14H10BrCl2N3/c1-7-5-12(9(6-18)8(2)19-7)20-11-4-3-10(15)13(16)14(11)17/h3-5H,1-2H3,(H,19,20). The van der Waals surface area contributed by atoms with E-state index < -0.39 is 0 Å². The number of nitriles is 1. The molecule has 0 amide bonds. The summed E-state index contributed by atoms with van der Waals surface area (Å²) in [5, 5.41) is 13.2. The largest absolute Gasteiger partial charge is 0.353 e. The van der Waals surface area contributed by atoms with Crippen molar-refractivity contribution in [2.24, 2.45) is 0 Å². The summed E-state index contributed by atoms with van der Waals surface area (Å²) in [5.74, 6) is 0. The molecule has 2 rings (SSSR count). The lowest BCUT2D eigenvalue weighted by Gasteiger charge is -2.13. The van der Waals surface area contributed by atoms with Gasteiger partial charge in [0.15, 0.2) is 0 Å². The third-order valence-corrected chi connectivity index (χ3v) is 4.52. The summed E-state index contributed by atoms with van der Waals surface area (Å²) < 4.78 is 0.720. The van der Waals surface area contributed by atoms with Crippen molar-refractivity contribution in [1.82, 2.24) is 4.98 Å². The fourth-order valence-electron chi connectivity index (χ4n) is 1.84. The summed E-state index contributed by atoms with van der Waals surface area (Å²) in [4.78, 5) is 4.27. The van der Waals surface area contributed by atoms with Gasteiger partial charge in [-0.3, -0.25) is 4.98 Å². The molecule has 2 aromatic rings. The number of rotatable bonds is 2. The van der Waals surface area contributed by atoms with Gasteiger partial charge in [0.25, 0.3) is 0 Å². The minimum Gasteiger partial charge on any atom is -0.353 e. The predicted octanol–water partition coefficient (Wildman–Crippen LogP) is 5.38. The fraction of sp³-hybridized carbons (Fsp3) is 0.143. The van der Waals surface area contributed by atoms with E-state index in [1.165, 1.54) is 0 Å². The fourth-order valence-corrected chi connectivity index (χ4v) is 2.66. The van der Waals surface area contributed by atoms with Gasteiger partial charge in [0.2, 0.25) is 0 Å². The van der Waals surface area contributed by atoms with E-state index in [0.29, 0.717) is 32.7 Å². The Labute approximate surface area is 135 Å². The summed E-state index contributed by atoms with van der Waals surface area (Å²) >= 11 is 15.6. The first-order valence-electron chi connectivity index (χ1n) is 5.73. The Hall–Kier alpha value is -1.28. The highest BCUT2D eigenvalue weighted by atomic mass is 79.9. The van der Waals surface area contributed by atoms with E-state index in [-0.39, 0.29) is 0 Å². The molecule has 0 saturated carbocycles. The second-order valence-electron chi connectivity index (χ2n) is 4.23. The number of nitrogens with zero attached hydrogens (tertiary/aromatic N) is 2. The Bertz CT molecular complexity index is 723. The molecule has 0 bridgehead atoms. The molecule has 0 fully saturated rings. The summed E-state index contributed by atoms with van der Waals surface area (Å²) in [6.45, 7) is 3.67. The van der Waals surface area contributed by atoms with Gasteiger partial charge in [-0.05, 0) is 48.0 Å². The molecule has 1 aromatic carbocycles. The number of nitrogens with one attached hydrogen (secondary N) is 1. The Morgan fingerprint density at radius 2 is 1.90 bits per heavy atom. The molecule has 3 nitrogen and oxygen atoms in total. The van der Waals surface area contributed by atoms with Crippen molar-refractivity contribution in [1.29, 1.82) is 5.26 Å². The van der Waals surface area contributed by atoms with Gasteiger partial charge in [-0.2, -0.15) is 5.26 Å². The number of anilines is 2. The molecule has 0 atom stereocenters. The minimum absolute atomic E-state index is 0.400. The maximum Gasteiger partial charge on any atom is 0.103 e. The van der Waals surface area contributed by atoms with Gasteiger partial charge in [0.1, 0.15) is 6.07 Å². The average molecular weight is 371 g/mol. The van der Waals surface area contributed by atoms with Gasteiger partial charge in [-0.25, -0.2) is 0 Å². The second kappa shape index (κ2) is 6.01. The smallest absolute Gasteiger partial charge is 0.103 e. The van der Waals surface area contributed by atoms with Gasteiger partial charge in [-0.15, -0.1) is 0 Å². The van der Waals surface area contributed by atoms with Gasteiger partial charge in [-0.1, -0.05) is 23.2 Å². The number of halogens is 3. The Morgan fingerprint density at radius 3 is 2.55 bits per heavy atom. The molecule has 0 saturated heterocycles. The highest BCUT2D eigenvalue weighted by Crippen LogP contribution is 2.37. The average Bonchev–Trinajstić information content (AvgIpc) is 2.39. The van der Waals surface area contributed by atoms with Gasteiger partial charge >= 0.3 is 0 Å². The van der Waals surface area contributed by atoms with Crippen LogP contribution in [0.5, 0.6) is 0 Å². The Kier molecular flexibility index (Phi) is 4.54. The van der Waals surface area contributed by atoms with Crippen molar-refractivity contribution in [2.45, 2.75) is 13.8 Å². The first-order valence-corrected chi connectivity index (χ1v) is 7.27. The van der Waals surface area contributed by atoms with Crippen molar-refractivity contribution in [3.63, 3.8) is 0 Å². The highest BCUT2D eigenvalue weighted by Gasteiger charge is 2.12. The van der Waals surface area contributed by atoms with Crippen LogP contribution in [-0.4, -0.2) is 4.98 Å². The lowest BCUT2D eigenvalue weighted by atomic mass is 10.1. The van der Waals surface area contributed by atoms with Crippen LogP contribution in [0.3, 0.4) is 0 Å². The molecule has 0 aliphatic rings. The van der Waals surface area contributed by atoms with E-state index in [9.17, 15) is 5.26 Å². The summed E-state index contributed by atoms with van der Waals surface area (Å²) in [5.41, 5.74) is 3.29. The summed E-state index contributed by atoms with van der Waals surface area (Å²) in [7, 11) is 0. The van der Waals surface area contributed by atoms with Crippen molar-refractivity contribution in [2.75, 3.05) is 5.32 Å². The number of aryl methyl sites for hydroxylation is 2. The zero-order chi connectivity index (χ0) is 14.9. The molecule has 0 unspecified atom stereocenters. The van der Waals surface area contributed by atoms with E-state index >= 15 is 0 Å². The Balaban J connectivity index is 2.51. The quantitative estimate of drug-likeness (QED) is 0.721. The van der Waals surface area contributed by atoms with E-state index in [2.05, 4.69) is 32.3 Å². The predicted molar refractivity (Wildman–Crippen MR) is 85.9 cm³/mol. The molecule has 0 radical (unpaired) electrons. The summed E-state index contributed by atoms with van der Waals surface area (Å²) in [6.07, 6.45) is 0. The van der Waals surface area contributed by atoms with E-state index in [0.717, 1.165) is 10.2 Å². The summed E-state index contributed by atoms with van der Waals surface area (Å²) in [6, 6.07) is 7.54. The maximum absolute atomic E-state index is 9.24. The molecule has 20 heavy (non-hydrogen) atoms. The lowest BCUT2D eigenvalue weighted by molar-refractivity contribution is 1.11. The van der Waals surface area contributed by atoms with E-state index in [4.69, 9.17) is 23.2 Å². The first-order chi connectivity index (χ1) is 9.43. The molecule has 1 aromatic heterocycles. The van der Waals surface area contributed by atoms with Crippen LogP contribution in [0.2, 0.25) is 10.0 Å². The zero-order valence-electron chi connectivity index (χ0n) is 10.8. The zero-order valence-corrected chi connectivity index (χ0v) is 13.9. The van der Waals surface area contributed by atoms with Crippen LogP contribution in [0.15, 0.2) is 22.7 Å². The van der Waals surface area contributed by atoms with Gasteiger partial charge in [0, 0.05) is 10.2 Å². The van der Waals surface area contributed by atoms with Crippen LogP contribution in [0.4, 0.5) is 11.4 Å². The molecule has 1 heterocycles. The molecular formula is C14H10BrCl2N3. The number of hydrogen-bond donors (Lipinski definition) is 1. The number of pyridine rings is 1. The number of hydrogen-bond acceptors (Lipinski definition) is 3. The minimum atomic E-state index is 0.400. The van der Waals surface area contributed by atoms with Crippen LogP contribution >= 0.6 is 39.1 Å². The Morgan fingerprint density at radius 1 is 1.20 bits per heavy atom. The molecular weight excluding hydrogens is 361 g/mol. The third-order valence-electron chi connectivity index (χ3n) is 2.74. The first kappa shape index (κ1) is 15.1. The van der Waals surface area contributed by atoms with Crippen LogP contribution in [0.25, 0.3) is 0 Å². The molecule has 0 aliphatic heterocycles. The van der Waals surface area contributed by atoms with E-state index in [1.54, 1.807) is 25.1 Å². The monoisotopic (exact) mass is 369 g/mol. The van der Waals surface area contributed by atoms with E-state index in [1.807, 2.05) is 6.92 Å². The molecule has 0 spiro atoms. The number of benzene rings is 1. The van der Waals surface area contributed by atoms with Crippen LogP contribution in [0.1, 0.15) is 17.0 Å². The molecule has 6 heteroatoms. The van der Waals surface area contributed by atoms with Crippen molar-refractivity contribution < 1.29 is 0 Å². The SMILES string of the molecule is Cc1cc(Nc2ccc(Br)c(Cl)c2Cl)c(C#N)c(C)n1. The van der Waals surface area contributed by atoms with Gasteiger partial charge in [0.05, 0.1) is 32.7 Å². The highest BCUT2D eigenvalue weighted by molar-refractivity contribution is 9.10. The maximum atomic E-state index is 9.24. The molecule has 0 aliphatic carbocycles. The van der Waals surface area contributed by atoms with Crippen LogP contribution in [-0.2, 0) is 0 Å². The lowest BCUT2D eigenvalue weighted by Crippen LogP contribution is -2.00. The molecule has 1 N–H and O–H groups in total. The molecule has 102 valence electrons. The topological polar surface area (TPSA) is 48.7 Å². The van der Waals surface area contributed by atoms with Crippen molar-refractivity contribution >= 4 is 50.5 Å².